The maximum atomic E-state index is 11.1. The van der Waals surface area contributed by atoms with Crippen molar-refractivity contribution in [3.05, 3.63) is 12.7 Å². The maximum Gasteiger partial charge on any atom is 0.240 e. The van der Waals surface area contributed by atoms with Crippen LogP contribution in [-0.4, -0.2) is 27.2 Å². The molecule has 0 radical (unpaired) electrons. The van der Waals surface area contributed by atoms with Gasteiger partial charge in [0, 0.05) is 6.54 Å². The van der Waals surface area contributed by atoms with Crippen molar-refractivity contribution in [1.82, 2.24) is 20.1 Å². The molecule has 0 aliphatic rings. The van der Waals surface area contributed by atoms with Crippen molar-refractivity contribution < 1.29 is 4.79 Å². The monoisotopic (exact) mass is 168 g/mol. The quantitative estimate of drug-likeness (QED) is 0.677. The molecule has 0 atom stereocenters. The Hall–Kier alpha value is -1.39. The highest BCUT2D eigenvalue weighted by Gasteiger charge is 1.99. The molecule has 5 nitrogen and oxygen atoms in total. The number of carbonyl (C=O) groups excluding carboxylic acids is 1. The summed E-state index contributed by atoms with van der Waals surface area (Å²) in [7, 11) is 0. The summed E-state index contributed by atoms with van der Waals surface area (Å²) in [5, 5.41) is 9.93. The van der Waals surface area contributed by atoms with Crippen LogP contribution < -0.4 is 5.32 Å². The molecule has 0 bridgehead atoms. The van der Waals surface area contributed by atoms with Gasteiger partial charge in [-0.05, 0) is 6.42 Å². The summed E-state index contributed by atoms with van der Waals surface area (Å²) in [5.74, 6) is -0.00310. The molecule has 1 aromatic rings. The number of rotatable bonds is 4. The summed E-state index contributed by atoms with van der Waals surface area (Å²) in [5.41, 5.74) is 0. The average Bonchev–Trinajstić information content (AvgIpc) is 2.53. The van der Waals surface area contributed by atoms with E-state index in [0.29, 0.717) is 6.54 Å². The largest absolute Gasteiger partial charge is 0.355 e. The summed E-state index contributed by atoms with van der Waals surface area (Å²) in [6, 6.07) is 0. The molecule has 0 aliphatic heterocycles. The number of aromatic nitrogens is 3. The smallest absolute Gasteiger partial charge is 0.240 e. The van der Waals surface area contributed by atoms with Gasteiger partial charge in [-0.3, -0.25) is 4.79 Å². The SMILES string of the molecule is CCCNC(=O)Cn1cnnc1. The Morgan fingerprint density at radius 2 is 2.17 bits per heavy atom. The second kappa shape index (κ2) is 4.48. The minimum absolute atomic E-state index is 0.00310. The van der Waals surface area contributed by atoms with E-state index in [1.54, 1.807) is 4.57 Å². The van der Waals surface area contributed by atoms with Crippen LogP contribution in [0, 0.1) is 0 Å². The molecule has 1 aromatic heterocycles. The molecule has 1 N–H and O–H groups in total. The zero-order chi connectivity index (χ0) is 8.81. The Bertz CT molecular complexity index is 232. The van der Waals surface area contributed by atoms with Crippen LogP contribution in [0.3, 0.4) is 0 Å². The second-order valence-corrected chi connectivity index (χ2v) is 2.48. The molecule has 12 heavy (non-hydrogen) atoms. The lowest BCUT2D eigenvalue weighted by Gasteiger charge is -2.02. The summed E-state index contributed by atoms with van der Waals surface area (Å²) < 4.78 is 1.63. The van der Waals surface area contributed by atoms with E-state index in [9.17, 15) is 4.79 Å². The minimum Gasteiger partial charge on any atom is -0.355 e. The molecule has 0 fully saturated rings. The van der Waals surface area contributed by atoms with E-state index < -0.39 is 0 Å². The van der Waals surface area contributed by atoms with Crippen LogP contribution in [0.4, 0.5) is 0 Å². The third kappa shape index (κ3) is 2.69. The van der Waals surface area contributed by atoms with Gasteiger partial charge in [0.05, 0.1) is 0 Å². The van der Waals surface area contributed by atoms with Gasteiger partial charge >= 0.3 is 0 Å². The van der Waals surface area contributed by atoms with Crippen molar-refractivity contribution in [3.8, 4) is 0 Å². The third-order valence-corrected chi connectivity index (χ3v) is 1.36. The predicted octanol–water partition coefficient (Wildman–Crippen LogP) is -0.196. The first-order valence-corrected chi connectivity index (χ1v) is 3.92. The van der Waals surface area contributed by atoms with E-state index in [1.807, 2.05) is 6.92 Å². The van der Waals surface area contributed by atoms with Crippen molar-refractivity contribution >= 4 is 5.91 Å². The van der Waals surface area contributed by atoms with E-state index >= 15 is 0 Å². The fraction of sp³-hybridized carbons (Fsp3) is 0.571. The number of nitrogens with zero attached hydrogens (tertiary/aromatic N) is 3. The fourth-order valence-corrected chi connectivity index (χ4v) is 0.790. The molecule has 1 heterocycles. The van der Waals surface area contributed by atoms with E-state index in [-0.39, 0.29) is 5.91 Å². The molecule has 0 aromatic carbocycles. The topological polar surface area (TPSA) is 59.8 Å². The zero-order valence-electron chi connectivity index (χ0n) is 7.03. The van der Waals surface area contributed by atoms with Gasteiger partial charge in [0.1, 0.15) is 19.2 Å². The molecular formula is C7H12N4O. The Morgan fingerprint density at radius 3 is 2.75 bits per heavy atom. The van der Waals surface area contributed by atoms with Crippen LogP contribution in [0.1, 0.15) is 13.3 Å². The highest BCUT2D eigenvalue weighted by atomic mass is 16.1. The van der Waals surface area contributed by atoms with Crippen molar-refractivity contribution in [2.45, 2.75) is 19.9 Å². The highest BCUT2D eigenvalue weighted by Crippen LogP contribution is 1.82. The molecule has 5 heteroatoms. The summed E-state index contributed by atoms with van der Waals surface area (Å²) >= 11 is 0. The first-order chi connectivity index (χ1) is 5.83. The summed E-state index contributed by atoms with van der Waals surface area (Å²) in [6.07, 6.45) is 3.99. The highest BCUT2D eigenvalue weighted by molar-refractivity contribution is 5.75. The van der Waals surface area contributed by atoms with Gasteiger partial charge in [-0.15, -0.1) is 10.2 Å². The molecule has 0 unspecified atom stereocenters. The van der Waals surface area contributed by atoms with E-state index in [1.165, 1.54) is 12.7 Å². The third-order valence-electron chi connectivity index (χ3n) is 1.36. The zero-order valence-corrected chi connectivity index (χ0v) is 7.03. The summed E-state index contributed by atoms with van der Waals surface area (Å²) in [4.78, 5) is 11.1. The number of nitrogens with one attached hydrogen (secondary N) is 1. The first-order valence-electron chi connectivity index (χ1n) is 3.92. The van der Waals surface area contributed by atoms with E-state index in [2.05, 4.69) is 15.5 Å². The molecule has 1 amide bonds. The van der Waals surface area contributed by atoms with Crippen LogP contribution in [0.5, 0.6) is 0 Å². The van der Waals surface area contributed by atoms with E-state index in [4.69, 9.17) is 0 Å². The van der Waals surface area contributed by atoms with E-state index in [0.717, 1.165) is 13.0 Å². The van der Waals surface area contributed by atoms with Gasteiger partial charge in [0.2, 0.25) is 5.91 Å². The standard InChI is InChI=1S/C7H12N4O/c1-2-3-8-7(12)4-11-5-9-10-6-11/h5-6H,2-4H2,1H3,(H,8,12). The number of hydrogen-bond acceptors (Lipinski definition) is 3. The molecule has 0 saturated carbocycles. The van der Waals surface area contributed by atoms with Crippen LogP contribution in [0.25, 0.3) is 0 Å². The lowest BCUT2D eigenvalue weighted by molar-refractivity contribution is -0.121. The Labute approximate surface area is 70.8 Å². The van der Waals surface area contributed by atoms with Crippen LogP contribution in [-0.2, 0) is 11.3 Å². The lowest BCUT2D eigenvalue weighted by atomic mass is 10.4. The first kappa shape index (κ1) is 8.70. The normalized spacial score (nSPS) is 9.75. The van der Waals surface area contributed by atoms with Gasteiger partial charge < -0.3 is 9.88 Å². The molecule has 66 valence electrons. The maximum absolute atomic E-state index is 11.1. The van der Waals surface area contributed by atoms with Gasteiger partial charge in [0.25, 0.3) is 0 Å². The van der Waals surface area contributed by atoms with Crippen molar-refractivity contribution in [2.24, 2.45) is 0 Å². The predicted molar refractivity (Wildman–Crippen MR) is 43.3 cm³/mol. The van der Waals surface area contributed by atoms with Crippen LogP contribution in [0.15, 0.2) is 12.7 Å². The lowest BCUT2D eigenvalue weighted by Crippen LogP contribution is -2.27. The average molecular weight is 168 g/mol. The Balaban J connectivity index is 2.27. The number of amides is 1. The Morgan fingerprint density at radius 1 is 1.50 bits per heavy atom. The fourth-order valence-electron chi connectivity index (χ4n) is 0.790. The van der Waals surface area contributed by atoms with Gasteiger partial charge in [-0.2, -0.15) is 0 Å². The Kier molecular flexibility index (Phi) is 3.25. The minimum atomic E-state index is -0.00310. The van der Waals surface area contributed by atoms with Crippen LogP contribution >= 0.6 is 0 Å². The molecular weight excluding hydrogens is 156 g/mol. The molecule has 0 spiro atoms. The van der Waals surface area contributed by atoms with Gasteiger partial charge in [0.15, 0.2) is 0 Å². The number of hydrogen-bond donors (Lipinski definition) is 1. The van der Waals surface area contributed by atoms with Gasteiger partial charge in [-0.1, -0.05) is 6.92 Å². The molecule has 0 saturated heterocycles. The van der Waals surface area contributed by atoms with Crippen molar-refractivity contribution in [3.63, 3.8) is 0 Å². The van der Waals surface area contributed by atoms with Crippen molar-refractivity contribution in [1.29, 1.82) is 0 Å². The molecule has 1 rings (SSSR count). The van der Waals surface area contributed by atoms with Gasteiger partial charge in [-0.25, -0.2) is 0 Å². The number of carbonyl (C=O) groups is 1. The van der Waals surface area contributed by atoms with Crippen LogP contribution in [0.2, 0.25) is 0 Å². The summed E-state index contributed by atoms with van der Waals surface area (Å²) in [6.45, 7) is 3.03. The second-order valence-electron chi connectivity index (χ2n) is 2.48. The molecule has 0 aliphatic carbocycles. The van der Waals surface area contributed by atoms with Crippen molar-refractivity contribution in [2.75, 3.05) is 6.54 Å².